The molecule has 0 saturated carbocycles. The molecule has 9 heteroatoms. The van der Waals surface area contributed by atoms with Gasteiger partial charge in [0.1, 0.15) is 5.60 Å². The quantitative estimate of drug-likeness (QED) is 0.719. The highest BCUT2D eigenvalue weighted by atomic mass is 32.2. The van der Waals surface area contributed by atoms with Gasteiger partial charge in [-0.3, -0.25) is 4.90 Å². The van der Waals surface area contributed by atoms with Gasteiger partial charge < -0.3 is 9.64 Å². The van der Waals surface area contributed by atoms with Crippen molar-refractivity contribution in [3.63, 3.8) is 0 Å². The number of piperazine rings is 1. The van der Waals surface area contributed by atoms with Crippen LogP contribution in [0.5, 0.6) is 0 Å². The van der Waals surface area contributed by atoms with Gasteiger partial charge in [0.15, 0.2) is 0 Å². The number of rotatable bonds is 3. The van der Waals surface area contributed by atoms with Crippen LogP contribution in [0.1, 0.15) is 20.8 Å². The van der Waals surface area contributed by atoms with Crippen LogP contribution in [0.4, 0.5) is 4.79 Å². The highest BCUT2D eigenvalue weighted by Gasteiger charge is 2.41. The van der Waals surface area contributed by atoms with Crippen molar-refractivity contribution in [1.82, 2.24) is 18.4 Å². The fourth-order valence-corrected chi connectivity index (χ4v) is 3.85. The first-order valence-electron chi connectivity index (χ1n) is 7.90. The van der Waals surface area contributed by atoms with E-state index in [1.54, 1.807) is 19.0 Å². The molecule has 0 aliphatic carbocycles. The van der Waals surface area contributed by atoms with E-state index in [4.69, 9.17) is 4.74 Å². The zero-order valence-corrected chi connectivity index (χ0v) is 15.5. The summed E-state index contributed by atoms with van der Waals surface area (Å²) in [6.07, 6.45) is -0.275. The van der Waals surface area contributed by atoms with Crippen LogP contribution in [0.2, 0.25) is 0 Å². The maximum absolute atomic E-state index is 12.0. The Hall–Kier alpha value is -0.900. The Morgan fingerprint density at radius 3 is 2.04 bits per heavy atom. The molecule has 0 unspecified atom stereocenters. The molecule has 2 fully saturated rings. The normalized spacial score (nSPS) is 22.3. The summed E-state index contributed by atoms with van der Waals surface area (Å²) in [5.74, 6) is 0. The summed E-state index contributed by atoms with van der Waals surface area (Å²) in [4.78, 5) is 16.0. The topological polar surface area (TPSA) is 73.4 Å². The number of amides is 1. The molecular formula is C14H28N4O4S. The van der Waals surface area contributed by atoms with Gasteiger partial charge in [0.05, 0.1) is 0 Å². The second-order valence-electron chi connectivity index (χ2n) is 7.26. The monoisotopic (exact) mass is 348 g/mol. The smallest absolute Gasteiger partial charge is 0.410 e. The van der Waals surface area contributed by atoms with Gasteiger partial charge in [0.25, 0.3) is 10.2 Å². The first-order chi connectivity index (χ1) is 10.5. The number of hydrogen-bond acceptors (Lipinski definition) is 5. The molecule has 2 saturated heterocycles. The second kappa shape index (κ2) is 6.54. The maximum Gasteiger partial charge on any atom is 0.410 e. The fraction of sp³-hybridized carbons (Fsp3) is 0.929. The molecule has 2 aliphatic rings. The van der Waals surface area contributed by atoms with E-state index in [-0.39, 0.29) is 12.1 Å². The Labute approximate surface area is 139 Å². The largest absolute Gasteiger partial charge is 0.444 e. The molecule has 8 nitrogen and oxygen atoms in total. The zero-order valence-electron chi connectivity index (χ0n) is 14.7. The van der Waals surface area contributed by atoms with Crippen molar-refractivity contribution in [1.29, 1.82) is 0 Å². The lowest BCUT2D eigenvalue weighted by Crippen LogP contribution is -2.65. The number of carbonyl (C=O) groups excluding carboxylic acids is 1. The van der Waals surface area contributed by atoms with Crippen molar-refractivity contribution >= 4 is 16.3 Å². The number of hydrogen-bond donors (Lipinski definition) is 0. The Morgan fingerprint density at radius 1 is 1.09 bits per heavy atom. The van der Waals surface area contributed by atoms with E-state index in [1.165, 1.54) is 8.61 Å². The number of ether oxygens (including phenoxy) is 1. The summed E-state index contributed by atoms with van der Waals surface area (Å²) < 4.78 is 32.1. The van der Waals surface area contributed by atoms with Crippen molar-refractivity contribution in [2.24, 2.45) is 0 Å². The van der Waals surface area contributed by atoms with E-state index in [2.05, 4.69) is 4.90 Å². The van der Waals surface area contributed by atoms with Crippen molar-refractivity contribution in [3.8, 4) is 0 Å². The van der Waals surface area contributed by atoms with Gasteiger partial charge in [0, 0.05) is 59.4 Å². The van der Waals surface area contributed by atoms with Crippen LogP contribution in [0.15, 0.2) is 0 Å². The fourth-order valence-electron chi connectivity index (χ4n) is 2.66. The van der Waals surface area contributed by atoms with Crippen molar-refractivity contribution < 1.29 is 17.9 Å². The summed E-state index contributed by atoms with van der Waals surface area (Å²) in [6.45, 7) is 9.34. The third-order valence-electron chi connectivity index (χ3n) is 4.10. The van der Waals surface area contributed by atoms with Crippen LogP contribution < -0.4 is 0 Å². The van der Waals surface area contributed by atoms with E-state index in [0.717, 1.165) is 13.1 Å². The lowest BCUT2D eigenvalue weighted by Gasteiger charge is -2.47. The predicted octanol–water partition coefficient (Wildman–Crippen LogP) is 0.0297. The van der Waals surface area contributed by atoms with Crippen LogP contribution in [0, 0.1) is 0 Å². The van der Waals surface area contributed by atoms with Gasteiger partial charge >= 0.3 is 6.09 Å². The molecule has 1 amide bonds. The van der Waals surface area contributed by atoms with E-state index < -0.39 is 15.8 Å². The molecule has 2 aliphatic heterocycles. The Kier molecular flexibility index (Phi) is 5.24. The summed E-state index contributed by atoms with van der Waals surface area (Å²) in [6, 6.07) is 0.241. The predicted molar refractivity (Wildman–Crippen MR) is 87.3 cm³/mol. The van der Waals surface area contributed by atoms with Crippen LogP contribution in [0.25, 0.3) is 0 Å². The molecular weight excluding hydrogens is 320 g/mol. The van der Waals surface area contributed by atoms with Crippen molar-refractivity contribution in [3.05, 3.63) is 0 Å². The Balaban J connectivity index is 1.78. The van der Waals surface area contributed by atoms with E-state index in [1.807, 2.05) is 20.8 Å². The summed E-state index contributed by atoms with van der Waals surface area (Å²) in [7, 11) is -0.213. The highest BCUT2D eigenvalue weighted by Crippen LogP contribution is 2.21. The maximum atomic E-state index is 12.0. The first kappa shape index (κ1) is 18.4. The molecule has 0 bridgehead atoms. The first-order valence-corrected chi connectivity index (χ1v) is 9.30. The molecule has 0 aromatic rings. The van der Waals surface area contributed by atoms with Crippen molar-refractivity contribution in [2.75, 3.05) is 53.4 Å². The van der Waals surface area contributed by atoms with E-state index in [0.29, 0.717) is 26.2 Å². The van der Waals surface area contributed by atoms with Gasteiger partial charge in [-0.1, -0.05) is 0 Å². The number of carbonyl (C=O) groups is 1. The van der Waals surface area contributed by atoms with Crippen molar-refractivity contribution in [2.45, 2.75) is 32.4 Å². The molecule has 0 N–H and O–H groups in total. The summed E-state index contributed by atoms with van der Waals surface area (Å²) >= 11 is 0. The summed E-state index contributed by atoms with van der Waals surface area (Å²) in [5, 5.41) is 0. The lowest BCUT2D eigenvalue weighted by atomic mass is 10.1. The van der Waals surface area contributed by atoms with Gasteiger partial charge in [-0.05, 0) is 20.8 Å². The van der Waals surface area contributed by atoms with Gasteiger partial charge in [-0.25, -0.2) is 4.79 Å². The van der Waals surface area contributed by atoms with Crippen LogP contribution in [-0.4, -0.2) is 97.9 Å². The molecule has 134 valence electrons. The van der Waals surface area contributed by atoms with E-state index in [9.17, 15) is 13.2 Å². The third kappa shape index (κ3) is 4.34. The van der Waals surface area contributed by atoms with Gasteiger partial charge in [0.2, 0.25) is 0 Å². The number of nitrogens with zero attached hydrogens (tertiary/aromatic N) is 4. The van der Waals surface area contributed by atoms with Crippen LogP contribution in [0.3, 0.4) is 0 Å². The Bertz CT molecular complexity index is 529. The molecule has 0 atom stereocenters. The molecule has 0 radical (unpaired) electrons. The van der Waals surface area contributed by atoms with E-state index >= 15 is 0 Å². The minimum absolute atomic E-state index is 0.241. The molecule has 0 spiro atoms. The zero-order chi connectivity index (χ0) is 17.4. The SMILES string of the molecule is CN(C)S(=O)(=O)N1CC(N2CCN(C(=O)OC(C)(C)C)CC2)C1. The molecule has 2 heterocycles. The minimum atomic E-state index is -3.30. The van der Waals surface area contributed by atoms with Crippen LogP contribution >= 0.6 is 0 Å². The standard InChI is InChI=1S/C14H28N4O4S/c1-14(2,3)22-13(19)17-8-6-16(7-9-17)12-10-18(11-12)23(20,21)15(4)5/h12H,6-11H2,1-5H3. The average molecular weight is 348 g/mol. The van der Waals surface area contributed by atoms with Gasteiger partial charge in [-0.15, -0.1) is 0 Å². The Morgan fingerprint density at radius 2 is 1.61 bits per heavy atom. The molecule has 2 rings (SSSR count). The highest BCUT2D eigenvalue weighted by molar-refractivity contribution is 7.86. The second-order valence-corrected chi connectivity index (χ2v) is 9.41. The average Bonchev–Trinajstić information content (AvgIpc) is 2.35. The third-order valence-corrected chi connectivity index (χ3v) is 5.97. The van der Waals surface area contributed by atoms with Crippen LogP contribution in [-0.2, 0) is 14.9 Å². The molecule has 23 heavy (non-hydrogen) atoms. The minimum Gasteiger partial charge on any atom is -0.444 e. The summed E-state index contributed by atoms with van der Waals surface area (Å²) in [5.41, 5.74) is -0.483. The van der Waals surface area contributed by atoms with Gasteiger partial charge in [-0.2, -0.15) is 17.0 Å². The molecule has 0 aromatic heterocycles. The molecule has 0 aromatic carbocycles. The lowest BCUT2D eigenvalue weighted by molar-refractivity contribution is 0.000554.